The summed E-state index contributed by atoms with van der Waals surface area (Å²) < 4.78 is 29.9. The molecule has 0 aliphatic heterocycles. The molecule has 0 radical (unpaired) electrons. The summed E-state index contributed by atoms with van der Waals surface area (Å²) in [5, 5.41) is 0. The van der Waals surface area contributed by atoms with Crippen LogP contribution in [0.15, 0.2) is 46.2 Å². The highest BCUT2D eigenvalue weighted by Crippen LogP contribution is 2.58. The number of aryl methyl sites for hydroxylation is 2. The summed E-state index contributed by atoms with van der Waals surface area (Å²) in [7, 11) is -4.06. The highest BCUT2D eigenvalue weighted by atomic mass is 32.2. The Labute approximate surface area is 229 Å². The number of sulfone groups is 1. The number of rotatable bonds is 6. The van der Waals surface area contributed by atoms with E-state index in [4.69, 9.17) is 22.9 Å². The normalized spacial score (nSPS) is 12.6. The van der Waals surface area contributed by atoms with Crippen LogP contribution in [0, 0.1) is 0 Å². The second-order valence-electron chi connectivity index (χ2n) is 10.5. The number of fused-ring (bicyclic) bond motifs is 8. The Bertz CT molecular complexity index is 1730. The van der Waals surface area contributed by atoms with Gasteiger partial charge >= 0.3 is 0 Å². The molecule has 6 rings (SSSR count). The molecule has 2 aliphatic carbocycles. The Morgan fingerprint density at radius 3 is 1.18 bits per heavy atom. The molecule has 4 aromatic carbocycles. The van der Waals surface area contributed by atoms with Crippen LogP contribution in [-0.2, 0) is 35.5 Å². The molecule has 0 saturated heterocycles. The molecule has 7 heteroatoms. The number of nitrogen functional groups attached to an aromatic ring is 4. The molecule has 0 heterocycles. The van der Waals surface area contributed by atoms with Gasteiger partial charge in [0, 0.05) is 33.9 Å². The molecule has 0 unspecified atom stereocenters. The molecule has 0 aromatic heterocycles. The first-order valence-corrected chi connectivity index (χ1v) is 15.1. The van der Waals surface area contributed by atoms with E-state index in [2.05, 4.69) is 26.0 Å². The lowest BCUT2D eigenvalue weighted by Gasteiger charge is -2.33. The van der Waals surface area contributed by atoms with Crippen molar-refractivity contribution in [2.75, 3.05) is 22.9 Å². The van der Waals surface area contributed by atoms with Gasteiger partial charge in [0.05, 0.1) is 9.79 Å². The predicted molar refractivity (Wildman–Crippen MR) is 162 cm³/mol. The summed E-state index contributed by atoms with van der Waals surface area (Å²) in [6.07, 6.45) is 2.53. The first-order valence-electron chi connectivity index (χ1n) is 13.6. The molecule has 0 amide bonds. The van der Waals surface area contributed by atoms with Crippen molar-refractivity contribution in [3.05, 3.63) is 58.7 Å². The van der Waals surface area contributed by atoms with E-state index in [0.717, 1.165) is 57.3 Å². The number of benzene rings is 4. The van der Waals surface area contributed by atoms with Gasteiger partial charge in [0.25, 0.3) is 0 Å². The van der Waals surface area contributed by atoms with Crippen LogP contribution in [0.1, 0.15) is 49.9 Å². The number of hydrogen-bond donors (Lipinski definition) is 4. The third-order valence-corrected chi connectivity index (χ3v) is 10.5. The zero-order chi connectivity index (χ0) is 28.0. The van der Waals surface area contributed by atoms with E-state index in [1.807, 2.05) is 38.1 Å². The lowest BCUT2D eigenvalue weighted by atomic mass is 9.77. The van der Waals surface area contributed by atoms with Crippen molar-refractivity contribution in [1.82, 2.24) is 0 Å². The zero-order valence-corrected chi connectivity index (χ0v) is 23.6. The molecule has 8 N–H and O–H groups in total. The van der Waals surface area contributed by atoms with Gasteiger partial charge in [0.15, 0.2) is 0 Å². The molecule has 6 nitrogen and oxygen atoms in total. The average Bonchev–Trinajstić information content (AvgIpc) is 2.90. The minimum absolute atomic E-state index is 0.269. The maximum absolute atomic E-state index is 15.0. The third-order valence-electron chi connectivity index (χ3n) is 8.52. The molecule has 0 atom stereocenters. The lowest BCUT2D eigenvalue weighted by Crippen LogP contribution is -2.19. The molecule has 0 saturated carbocycles. The third kappa shape index (κ3) is 3.23. The van der Waals surface area contributed by atoms with Gasteiger partial charge in [-0.2, -0.15) is 0 Å². The van der Waals surface area contributed by atoms with Crippen molar-refractivity contribution >= 4 is 32.6 Å². The highest BCUT2D eigenvalue weighted by molar-refractivity contribution is 7.92. The van der Waals surface area contributed by atoms with Crippen molar-refractivity contribution < 1.29 is 8.42 Å². The molecule has 39 heavy (non-hydrogen) atoms. The Morgan fingerprint density at radius 2 is 0.846 bits per heavy atom. The van der Waals surface area contributed by atoms with E-state index in [0.29, 0.717) is 57.8 Å². The zero-order valence-electron chi connectivity index (χ0n) is 22.8. The van der Waals surface area contributed by atoms with Crippen LogP contribution in [0.4, 0.5) is 22.7 Å². The van der Waals surface area contributed by atoms with Gasteiger partial charge in [-0.15, -0.1) is 0 Å². The summed E-state index contributed by atoms with van der Waals surface area (Å²) in [5.74, 6) is 0. The lowest BCUT2D eigenvalue weighted by molar-refractivity contribution is 0.594. The van der Waals surface area contributed by atoms with E-state index in [9.17, 15) is 8.42 Å². The first kappa shape index (κ1) is 25.3. The van der Waals surface area contributed by atoms with Crippen LogP contribution in [0.3, 0.4) is 0 Å². The van der Waals surface area contributed by atoms with Crippen molar-refractivity contribution in [3.8, 4) is 44.5 Å². The van der Waals surface area contributed by atoms with Crippen LogP contribution in [0.5, 0.6) is 0 Å². The maximum Gasteiger partial charge on any atom is 0.208 e. The van der Waals surface area contributed by atoms with Gasteiger partial charge in [-0.1, -0.05) is 27.7 Å². The fourth-order valence-corrected chi connectivity index (χ4v) is 8.85. The molecule has 2 aliphatic rings. The molecule has 4 aromatic rings. The summed E-state index contributed by atoms with van der Waals surface area (Å²) in [6.45, 7) is 7.98. The molecule has 0 fully saturated rings. The van der Waals surface area contributed by atoms with E-state index in [1.165, 1.54) is 0 Å². The van der Waals surface area contributed by atoms with Crippen LogP contribution >= 0.6 is 0 Å². The Kier molecular flexibility index (Phi) is 5.53. The largest absolute Gasteiger partial charge is 0.398 e. The average molecular weight is 539 g/mol. The second kappa shape index (κ2) is 8.52. The monoisotopic (exact) mass is 538 g/mol. The number of anilines is 4. The first-order chi connectivity index (χ1) is 18.6. The van der Waals surface area contributed by atoms with Crippen molar-refractivity contribution in [2.45, 2.75) is 63.2 Å². The topological polar surface area (TPSA) is 138 Å². The molecular weight excluding hydrogens is 504 g/mol. The van der Waals surface area contributed by atoms with Gasteiger partial charge in [-0.25, -0.2) is 8.42 Å². The van der Waals surface area contributed by atoms with E-state index in [-0.39, 0.29) is 9.79 Å². The van der Waals surface area contributed by atoms with E-state index >= 15 is 0 Å². The van der Waals surface area contributed by atoms with Gasteiger partial charge in [-0.3, -0.25) is 0 Å². The summed E-state index contributed by atoms with van der Waals surface area (Å²) in [6, 6.07) is 11.8. The summed E-state index contributed by atoms with van der Waals surface area (Å²) >= 11 is 0. The SMILES string of the molecule is CCc1cc2c(cc1N)-c1c-2cc(N)c(CC)c1S(=O)(=O)c1c(CC)c(N)cc2c1-c1cc(N)c(CC)cc1-2. The second-order valence-corrected chi connectivity index (χ2v) is 12.3. The Morgan fingerprint density at radius 1 is 0.487 bits per heavy atom. The van der Waals surface area contributed by atoms with Crippen LogP contribution in [0.25, 0.3) is 44.5 Å². The Balaban J connectivity index is 1.67. The van der Waals surface area contributed by atoms with Crippen LogP contribution in [0.2, 0.25) is 0 Å². The van der Waals surface area contributed by atoms with Crippen LogP contribution in [-0.4, -0.2) is 8.42 Å². The number of nitrogens with two attached hydrogens (primary N) is 4. The van der Waals surface area contributed by atoms with Gasteiger partial charge < -0.3 is 22.9 Å². The minimum Gasteiger partial charge on any atom is -0.398 e. The fourth-order valence-electron chi connectivity index (χ4n) is 6.49. The predicted octanol–water partition coefficient (Wildman–Crippen LogP) is 6.39. The smallest absolute Gasteiger partial charge is 0.208 e. The van der Waals surface area contributed by atoms with Gasteiger partial charge in [0.2, 0.25) is 9.84 Å². The molecule has 0 bridgehead atoms. The van der Waals surface area contributed by atoms with Gasteiger partial charge in [0.1, 0.15) is 0 Å². The fraction of sp³-hybridized carbons (Fsp3) is 0.250. The summed E-state index contributed by atoms with van der Waals surface area (Å²) in [4.78, 5) is 0.537. The van der Waals surface area contributed by atoms with Crippen molar-refractivity contribution in [1.29, 1.82) is 0 Å². The molecule has 200 valence electrons. The van der Waals surface area contributed by atoms with E-state index < -0.39 is 9.84 Å². The van der Waals surface area contributed by atoms with Crippen LogP contribution < -0.4 is 22.9 Å². The maximum atomic E-state index is 15.0. The standard InChI is InChI=1S/C32H34N4O2S/c1-5-15-9-19-21(11-25(15)33)29-23(19)13-27(35)17(7-3)31(29)39(37,38)32-18(8-4)28(36)14-24-20-10-16(6-2)26(34)12-22(20)30(24)32/h9-14H,5-8,33-36H2,1-4H3. The molecular formula is C32H34N4O2S. The summed E-state index contributed by atoms with van der Waals surface area (Å²) in [5.41, 5.74) is 38.2. The molecule has 0 spiro atoms. The quantitative estimate of drug-likeness (QED) is 0.181. The Hall–Kier alpha value is -3.97. The minimum atomic E-state index is -4.06. The van der Waals surface area contributed by atoms with E-state index in [1.54, 1.807) is 0 Å². The highest BCUT2D eigenvalue weighted by Gasteiger charge is 2.41. The number of hydrogen-bond acceptors (Lipinski definition) is 6. The van der Waals surface area contributed by atoms with Gasteiger partial charge in [-0.05, 0) is 118 Å². The van der Waals surface area contributed by atoms with Crippen molar-refractivity contribution in [2.24, 2.45) is 0 Å². The van der Waals surface area contributed by atoms with Crippen molar-refractivity contribution in [3.63, 3.8) is 0 Å².